The number of aromatic nitrogens is 1. The van der Waals surface area contributed by atoms with Gasteiger partial charge >= 0.3 is 0 Å². The highest BCUT2D eigenvalue weighted by Crippen LogP contribution is 2.31. The molecule has 0 N–H and O–H groups in total. The number of thiazole rings is 1. The first kappa shape index (κ1) is 24.3. The molecular formula is C25H23FN4O4S2. The van der Waals surface area contributed by atoms with E-state index in [0.29, 0.717) is 35.0 Å². The molecule has 0 atom stereocenters. The van der Waals surface area contributed by atoms with Gasteiger partial charge in [0.05, 0.1) is 27.6 Å². The summed E-state index contributed by atoms with van der Waals surface area (Å²) in [6.45, 7) is 3.09. The molecule has 2 aromatic carbocycles. The Bertz CT molecular complexity index is 1510. The first-order valence-corrected chi connectivity index (χ1v) is 13.7. The Hall–Kier alpha value is -3.41. The fourth-order valence-electron chi connectivity index (χ4n) is 3.91. The number of carbonyl (C=O) groups is 1. The zero-order valence-corrected chi connectivity index (χ0v) is 21.0. The molecular weight excluding hydrogens is 503 g/mol. The second-order valence-electron chi connectivity index (χ2n) is 8.60. The van der Waals surface area contributed by atoms with Gasteiger partial charge in [0.1, 0.15) is 11.6 Å². The minimum atomic E-state index is -3.64. The SMILES string of the molecule is CC1CCN(S(=O)(=O)c2ccc(C(=O)N(/N=C/c3ccco3)c3nc4ccc(F)cc4s3)cc2)CC1. The van der Waals surface area contributed by atoms with E-state index < -0.39 is 21.7 Å². The number of furan rings is 1. The maximum absolute atomic E-state index is 13.7. The molecule has 0 spiro atoms. The fraction of sp³-hybridized carbons (Fsp3) is 0.240. The predicted octanol–water partition coefficient (Wildman–Crippen LogP) is 5.13. The molecule has 11 heteroatoms. The quantitative estimate of drug-likeness (QED) is 0.256. The summed E-state index contributed by atoms with van der Waals surface area (Å²) in [5, 5.41) is 5.61. The molecule has 8 nitrogen and oxygen atoms in total. The molecule has 1 aliphatic rings. The van der Waals surface area contributed by atoms with E-state index in [9.17, 15) is 17.6 Å². The number of hydrogen-bond acceptors (Lipinski definition) is 7. The average Bonchev–Trinajstić information content (AvgIpc) is 3.54. The van der Waals surface area contributed by atoms with Crippen LogP contribution in [0, 0.1) is 11.7 Å². The molecule has 5 rings (SSSR count). The van der Waals surface area contributed by atoms with Gasteiger partial charge in [0.15, 0.2) is 0 Å². The lowest BCUT2D eigenvalue weighted by Gasteiger charge is -2.29. The van der Waals surface area contributed by atoms with E-state index in [1.54, 1.807) is 12.1 Å². The van der Waals surface area contributed by atoms with Crippen molar-refractivity contribution >= 4 is 48.8 Å². The number of hydrogen-bond donors (Lipinski definition) is 0. The van der Waals surface area contributed by atoms with Crippen molar-refractivity contribution in [3.63, 3.8) is 0 Å². The number of carbonyl (C=O) groups excluding carboxylic acids is 1. The Kier molecular flexibility index (Phi) is 6.69. The number of anilines is 1. The third kappa shape index (κ3) is 4.95. The van der Waals surface area contributed by atoms with Crippen molar-refractivity contribution in [1.29, 1.82) is 0 Å². The van der Waals surface area contributed by atoms with Crippen molar-refractivity contribution in [1.82, 2.24) is 9.29 Å². The van der Waals surface area contributed by atoms with Crippen molar-refractivity contribution < 1.29 is 22.0 Å². The van der Waals surface area contributed by atoms with E-state index in [4.69, 9.17) is 4.42 Å². The molecule has 1 aliphatic heterocycles. The lowest BCUT2D eigenvalue weighted by Crippen LogP contribution is -2.37. The van der Waals surface area contributed by atoms with Gasteiger partial charge in [-0.05, 0) is 73.4 Å². The van der Waals surface area contributed by atoms with Crippen LogP contribution in [0.1, 0.15) is 35.9 Å². The fourth-order valence-corrected chi connectivity index (χ4v) is 6.33. The molecule has 0 saturated carbocycles. The number of fused-ring (bicyclic) bond motifs is 1. The number of rotatable bonds is 6. The van der Waals surface area contributed by atoms with Crippen molar-refractivity contribution in [3.05, 3.63) is 78.0 Å². The van der Waals surface area contributed by atoms with Gasteiger partial charge in [-0.2, -0.15) is 14.4 Å². The summed E-state index contributed by atoms with van der Waals surface area (Å²) in [6, 6.07) is 13.3. The molecule has 186 valence electrons. The van der Waals surface area contributed by atoms with E-state index in [1.807, 2.05) is 0 Å². The number of sulfonamides is 1. The van der Waals surface area contributed by atoms with E-state index in [1.165, 1.54) is 59.2 Å². The highest BCUT2D eigenvalue weighted by Gasteiger charge is 2.29. The van der Waals surface area contributed by atoms with E-state index >= 15 is 0 Å². The first-order chi connectivity index (χ1) is 17.3. The second kappa shape index (κ2) is 9.92. The minimum absolute atomic E-state index is 0.134. The van der Waals surface area contributed by atoms with Gasteiger partial charge in [-0.25, -0.2) is 17.8 Å². The van der Waals surface area contributed by atoms with Crippen LogP contribution in [0.15, 0.2) is 75.3 Å². The maximum Gasteiger partial charge on any atom is 0.280 e. The molecule has 0 bridgehead atoms. The Balaban J connectivity index is 1.45. The van der Waals surface area contributed by atoms with Crippen molar-refractivity contribution in [3.8, 4) is 0 Å². The van der Waals surface area contributed by atoms with E-state index in [0.717, 1.165) is 29.2 Å². The molecule has 0 unspecified atom stereocenters. The number of nitrogens with zero attached hydrogens (tertiary/aromatic N) is 4. The Morgan fingerprint density at radius 3 is 2.64 bits per heavy atom. The van der Waals surface area contributed by atoms with Crippen molar-refractivity contribution in [2.24, 2.45) is 11.0 Å². The van der Waals surface area contributed by atoms with Crippen LogP contribution in [-0.4, -0.2) is 42.9 Å². The number of benzene rings is 2. The van der Waals surface area contributed by atoms with Gasteiger partial charge in [-0.1, -0.05) is 18.3 Å². The molecule has 4 aromatic rings. The molecule has 2 aromatic heterocycles. The smallest absolute Gasteiger partial charge is 0.280 e. The monoisotopic (exact) mass is 526 g/mol. The third-order valence-electron chi connectivity index (χ3n) is 6.04. The lowest BCUT2D eigenvalue weighted by atomic mass is 10.0. The third-order valence-corrected chi connectivity index (χ3v) is 8.94. The van der Waals surface area contributed by atoms with Crippen LogP contribution >= 0.6 is 11.3 Å². The number of amides is 1. The Labute approximate surface area is 211 Å². The van der Waals surface area contributed by atoms with Gasteiger partial charge in [0, 0.05) is 18.7 Å². The van der Waals surface area contributed by atoms with Gasteiger partial charge in [-0.3, -0.25) is 4.79 Å². The average molecular weight is 527 g/mol. The van der Waals surface area contributed by atoms with Crippen molar-refractivity contribution in [2.75, 3.05) is 18.1 Å². The standard InChI is InChI=1S/C25H23FN4O4S2/c1-17-10-12-29(13-11-17)36(32,33)21-7-4-18(5-8-21)24(31)30(27-16-20-3-2-14-34-20)25-28-22-9-6-19(26)15-23(22)35-25/h2-9,14-17H,10-13H2,1H3/b27-16+. The van der Waals surface area contributed by atoms with Crippen LogP contribution in [0.25, 0.3) is 10.2 Å². The lowest BCUT2D eigenvalue weighted by molar-refractivity contribution is 0.0987. The zero-order valence-electron chi connectivity index (χ0n) is 19.4. The molecule has 1 saturated heterocycles. The summed E-state index contributed by atoms with van der Waals surface area (Å²) in [5.41, 5.74) is 0.753. The first-order valence-electron chi connectivity index (χ1n) is 11.4. The van der Waals surface area contributed by atoms with Crippen LogP contribution in [-0.2, 0) is 10.0 Å². The molecule has 0 aliphatic carbocycles. The Morgan fingerprint density at radius 1 is 1.19 bits per heavy atom. The minimum Gasteiger partial charge on any atom is -0.463 e. The molecule has 3 heterocycles. The summed E-state index contributed by atoms with van der Waals surface area (Å²) < 4.78 is 47.1. The normalized spacial score (nSPS) is 15.6. The van der Waals surface area contributed by atoms with Crippen molar-refractivity contribution in [2.45, 2.75) is 24.7 Å². The molecule has 1 amide bonds. The molecule has 1 fully saturated rings. The maximum atomic E-state index is 13.7. The largest absolute Gasteiger partial charge is 0.463 e. The van der Waals surface area contributed by atoms with E-state index in [-0.39, 0.29) is 15.6 Å². The predicted molar refractivity (Wildman–Crippen MR) is 136 cm³/mol. The topological polar surface area (TPSA) is 96.1 Å². The Morgan fingerprint density at radius 2 is 1.94 bits per heavy atom. The van der Waals surface area contributed by atoms with Gasteiger partial charge in [0.2, 0.25) is 15.2 Å². The summed E-state index contributed by atoms with van der Waals surface area (Å²) in [5.74, 6) is 0.00288. The second-order valence-corrected chi connectivity index (χ2v) is 11.5. The van der Waals surface area contributed by atoms with Crippen LogP contribution in [0.4, 0.5) is 9.52 Å². The number of halogens is 1. The van der Waals surface area contributed by atoms with Gasteiger partial charge in [-0.15, -0.1) is 0 Å². The number of piperidine rings is 1. The summed E-state index contributed by atoms with van der Waals surface area (Å²) in [4.78, 5) is 18.0. The summed E-state index contributed by atoms with van der Waals surface area (Å²) >= 11 is 1.11. The van der Waals surface area contributed by atoms with Crippen LogP contribution < -0.4 is 5.01 Å². The van der Waals surface area contributed by atoms with Crippen LogP contribution in [0.2, 0.25) is 0 Å². The molecule has 36 heavy (non-hydrogen) atoms. The number of hydrazone groups is 1. The van der Waals surface area contributed by atoms with Crippen LogP contribution in [0.5, 0.6) is 0 Å². The highest BCUT2D eigenvalue weighted by molar-refractivity contribution is 7.89. The highest BCUT2D eigenvalue weighted by atomic mass is 32.2. The van der Waals surface area contributed by atoms with Crippen LogP contribution in [0.3, 0.4) is 0 Å². The zero-order chi connectivity index (χ0) is 25.3. The summed E-state index contributed by atoms with van der Waals surface area (Å²) in [7, 11) is -3.64. The molecule has 0 radical (unpaired) electrons. The van der Waals surface area contributed by atoms with E-state index in [2.05, 4.69) is 17.0 Å². The summed E-state index contributed by atoms with van der Waals surface area (Å²) in [6.07, 6.45) is 4.51. The van der Waals surface area contributed by atoms with Gasteiger partial charge < -0.3 is 4.42 Å². The van der Waals surface area contributed by atoms with Gasteiger partial charge in [0.25, 0.3) is 5.91 Å².